The summed E-state index contributed by atoms with van der Waals surface area (Å²) < 4.78 is 5.67. The first-order valence-corrected chi connectivity index (χ1v) is 9.02. The molecule has 122 valence electrons. The van der Waals surface area contributed by atoms with E-state index in [1.807, 2.05) is 36.1 Å². The molecule has 0 unspecified atom stereocenters. The lowest BCUT2D eigenvalue weighted by molar-refractivity contribution is -0.131. The molecule has 1 aliphatic heterocycles. The molecular formula is C17H21N3O2S. The van der Waals surface area contributed by atoms with E-state index in [1.54, 1.807) is 0 Å². The van der Waals surface area contributed by atoms with E-state index < -0.39 is 0 Å². The summed E-state index contributed by atoms with van der Waals surface area (Å²) in [7, 11) is 0. The lowest BCUT2D eigenvalue weighted by atomic mass is 10.1. The highest BCUT2D eigenvalue weighted by Crippen LogP contribution is 2.24. The van der Waals surface area contributed by atoms with Crippen LogP contribution in [0.25, 0.3) is 11.5 Å². The second-order valence-corrected chi connectivity index (χ2v) is 6.83. The third kappa shape index (κ3) is 4.34. The number of carbonyl (C=O) groups is 1. The Labute approximate surface area is 140 Å². The number of benzene rings is 1. The molecule has 0 spiro atoms. The molecule has 1 aliphatic rings. The Balaban J connectivity index is 1.50. The Morgan fingerprint density at radius 2 is 2.09 bits per heavy atom. The predicted octanol–water partition coefficient (Wildman–Crippen LogP) is 3.54. The van der Waals surface area contributed by atoms with Gasteiger partial charge in [0.15, 0.2) is 0 Å². The molecule has 5 nitrogen and oxygen atoms in total. The summed E-state index contributed by atoms with van der Waals surface area (Å²) in [5, 5.41) is 8.66. The molecule has 0 atom stereocenters. The third-order valence-electron chi connectivity index (χ3n) is 3.92. The number of nitrogens with zero attached hydrogens (tertiary/aromatic N) is 3. The zero-order valence-electron chi connectivity index (χ0n) is 13.3. The lowest BCUT2D eigenvalue weighted by Gasteiger charge is -2.26. The Morgan fingerprint density at radius 3 is 2.87 bits per heavy atom. The highest BCUT2D eigenvalue weighted by molar-refractivity contribution is 7.99. The molecule has 0 radical (unpaired) electrons. The van der Waals surface area contributed by atoms with Crippen LogP contribution in [0.4, 0.5) is 0 Å². The fourth-order valence-electron chi connectivity index (χ4n) is 2.69. The molecule has 1 aromatic carbocycles. The van der Waals surface area contributed by atoms with Crippen molar-refractivity contribution in [2.75, 3.05) is 18.8 Å². The zero-order valence-corrected chi connectivity index (χ0v) is 14.1. The van der Waals surface area contributed by atoms with E-state index in [0.717, 1.165) is 37.1 Å². The van der Waals surface area contributed by atoms with Gasteiger partial charge < -0.3 is 9.32 Å². The number of aromatic nitrogens is 2. The van der Waals surface area contributed by atoms with Crippen molar-refractivity contribution in [3.05, 3.63) is 29.8 Å². The summed E-state index contributed by atoms with van der Waals surface area (Å²) in [5.74, 6) is 1.43. The van der Waals surface area contributed by atoms with E-state index in [1.165, 1.54) is 18.2 Å². The normalized spacial score (nSPS) is 14.9. The number of hydrogen-bond acceptors (Lipinski definition) is 5. The summed E-state index contributed by atoms with van der Waals surface area (Å²) in [5.41, 5.74) is 2.08. The van der Waals surface area contributed by atoms with Crippen molar-refractivity contribution >= 4 is 17.7 Å². The first kappa shape index (κ1) is 16.1. The van der Waals surface area contributed by atoms with E-state index in [4.69, 9.17) is 4.42 Å². The fraction of sp³-hybridized carbons (Fsp3) is 0.471. The Hall–Kier alpha value is -1.82. The first-order valence-electron chi connectivity index (χ1n) is 8.03. The van der Waals surface area contributed by atoms with Crippen molar-refractivity contribution in [3.63, 3.8) is 0 Å². The Bertz CT molecular complexity index is 665. The number of carbonyl (C=O) groups excluding carboxylic acids is 1. The van der Waals surface area contributed by atoms with Crippen LogP contribution in [0.3, 0.4) is 0 Å². The quantitative estimate of drug-likeness (QED) is 0.784. The van der Waals surface area contributed by atoms with Gasteiger partial charge in [-0.2, -0.15) is 0 Å². The number of amides is 1. The molecule has 0 bridgehead atoms. The van der Waals surface area contributed by atoms with Crippen LogP contribution in [0.15, 0.2) is 33.9 Å². The van der Waals surface area contributed by atoms with Gasteiger partial charge in [0.05, 0.1) is 0 Å². The maximum absolute atomic E-state index is 12.1. The topological polar surface area (TPSA) is 59.2 Å². The van der Waals surface area contributed by atoms with Gasteiger partial charge in [0, 0.05) is 30.8 Å². The van der Waals surface area contributed by atoms with Crippen LogP contribution in [-0.4, -0.2) is 39.8 Å². The molecule has 1 saturated heterocycles. The van der Waals surface area contributed by atoms with Crippen LogP contribution in [-0.2, 0) is 4.79 Å². The predicted molar refractivity (Wildman–Crippen MR) is 90.2 cm³/mol. The van der Waals surface area contributed by atoms with E-state index in [9.17, 15) is 4.79 Å². The van der Waals surface area contributed by atoms with Crippen LogP contribution in [0, 0.1) is 6.92 Å². The van der Waals surface area contributed by atoms with Gasteiger partial charge in [-0.1, -0.05) is 29.5 Å². The van der Waals surface area contributed by atoms with Gasteiger partial charge in [0.25, 0.3) is 5.22 Å². The van der Waals surface area contributed by atoms with Crippen molar-refractivity contribution in [1.29, 1.82) is 0 Å². The van der Waals surface area contributed by atoms with E-state index in [2.05, 4.69) is 10.2 Å². The number of hydrogen-bond donors (Lipinski definition) is 0. The average molecular weight is 331 g/mol. The molecule has 1 fully saturated rings. The van der Waals surface area contributed by atoms with Crippen LogP contribution < -0.4 is 0 Å². The number of thioether (sulfide) groups is 1. The summed E-state index contributed by atoms with van der Waals surface area (Å²) >= 11 is 1.44. The molecule has 3 rings (SSSR count). The summed E-state index contributed by atoms with van der Waals surface area (Å²) in [6.45, 7) is 3.84. The fourth-order valence-corrected chi connectivity index (χ4v) is 3.38. The minimum atomic E-state index is 0.232. The zero-order chi connectivity index (χ0) is 16.1. The van der Waals surface area contributed by atoms with Gasteiger partial charge in [-0.05, 0) is 38.3 Å². The molecule has 1 amide bonds. The molecule has 6 heteroatoms. The van der Waals surface area contributed by atoms with Crippen LogP contribution in [0.1, 0.15) is 31.2 Å². The number of rotatable bonds is 5. The third-order valence-corrected chi connectivity index (χ3v) is 4.74. The van der Waals surface area contributed by atoms with Crippen LogP contribution in [0.2, 0.25) is 0 Å². The highest BCUT2D eigenvalue weighted by Gasteiger charge is 2.16. The smallest absolute Gasteiger partial charge is 0.276 e. The van der Waals surface area contributed by atoms with Crippen molar-refractivity contribution in [3.8, 4) is 11.5 Å². The number of piperidine rings is 1. The lowest BCUT2D eigenvalue weighted by Crippen LogP contribution is -2.35. The SMILES string of the molecule is Cc1cccc(-c2nnc(SCCC(=O)N3CCCCC3)o2)c1. The summed E-state index contributed by atoms with van der Waals surface area (Å²) in [6, 6.07) is 7.97. The monoisotopic (exact) mass is 331 g/mol. The van der Waals surface area contributed by atoms with Gasteiger partial charge in [-0.3, -0.25) is 4.79 Å². The second-order valence-electron chi connectivity index (χ2n) is 5.78. The van der Waals surface area contributed by atoms with E-state index >= 15 is 0 Å². The molecule has 23 heavy (non-hydrogen) atoms. The number of aryl methyl sites for hydroxylation is 1. The first-order chi connectivity index (χ1) is 11.2. The molecule has 0 N–H and O–H groups in total. The highest BCUT2D eigenvalue weighted by atomic mass is 32.2. The van der Waals surface area contributed by atoms with Crippen molar-refractivity contribution in [1.82, 2.24) is 15.1 Å². The van der Waals surface area contributed by atoms with Gasteiger partial charge in [0.1, 0.15) is 0 Å². The molecule has 2 heterocycles. The van der Waals surface area contributed by atoms with E-state index in [-0.39, 0.29) is 5.91 Å². The van der Waals surface area contributed by atoms with Gasteiger partial charge in [0.2, 0.25) is 11.8 Å². The minimum absolute atomic E-state index is 0.232. The van der Waals surface area contributed by atoms with Gasteiger partial charge >= 0.3 is 0 Å². The molecule has 1 aromatic heterocycles. The van der Waals surface area contributed by atoms with Crippen molar-refractivity contribution in [2.45, 2.75) is 37.8 Å². The Kier molecular flexibility index (Phi) is 5.33. The summed E-state index contributed by atoms with van der Waals surface area (Å²) in [4.78, 5) is 14.1. The summed E-state index contributed by atoms with van der Waals surface area (Å²) in [6.07, 6.45) is 4.01. The maximum atomic E-state index is 12.1. The van der Waals surface area contributed by atoms with Crippen LogP contribution in [0.5, 0.6) is 0 Å². The Morgan fingerprint density at radius 1 is 1.26 bits per heavy atom. The van der Waals surface area contributed by atoms with Gasteiger partial charge in [-0.25, -0.2) is 0 Å². The van der Waals surface area contributed by atoms with Crippen molar-refractivity contribution < 1.29 is 9.21 Å². The second kappa shape index (κ2) is 7.64. The van der Waals surface area contributed by atoms with Crippen molar-refractivity contribution in [2.24, 2.45) is 0 Å². The van der Waals surface area contributed by atoms with Crippen LogP contribution >= 0.6 is 11.8 Å². The van der Waals surface area contributed by atoms with E-state index in [0.29, 0.717) is 23.3 Å². The average Bonchev–Trinajstić information content (AvgIpc) is 3.04. The maximum Gasteiger partial charge on any atom is 0.276 e. The molecule has 0 saturated carbocycles. The molecular weight excluding hydrogens is 310 g/mol. The number of likely N-dealkylation sites (tertiary alicyclic amines) is 1. The molecule has 2 aromatic rings. The standard InChI is InChI=1S/C17H21N3O2S/c1-13-6-5-7-14(12-13)16-18-19-17(22-16)23-11-8-15(21)20-9-3-2-4-10-20/h5-7,12H,2-4,8-11H2,1H3. The largest absolute Gasteiger partial charge is 0.411 e. The minimum Gasteiger partial charge on any atom is -0.411 e. The molecule has 0 aliphatic carbocycles. The van der Waals surface area contributed by atoms with Gasteiger partial charge in [-0.15, -0.1) is 10.2 Å².